The number of hydrogen-bond acceptors (Lipinski definition) is 9. The molecule has 0 amide bonds. The fourth-order valence-electron chi connectivity index (χ4n) is 3.81. The Bertz CT molecular complexity index is 1060. The predicted octanol–water partition coefficient (Wildman–Crippen LogP) is 1.92. The molecule has 35 heavy (non-hydrogen) atoms. The molecule has 1 aliphatic rings. The Morgan fingerprint density at radius 3 is 2.46 bits per heavy atom. The molecular weight excluding hydrogens is 470 g/mol. The first kappa shape index (κ1) is 26.8. The molecule has 194 valence electrons. The molecule has 12 heteroatoms. The van der Waals surface area contributed by atoms with Gasteiger partial charge in [0.2, 0.25) is 12.2 Å². The molecule has 1 aliphatic heterocycles. The monoisotopic (exact) mass is 500 g/mol. The van der Waals surface area contributed by atoms with Gasteiger partial charge in [-0.3, -0.25) is 4.68 Å². The van der Waals surface area contributed by atoms with Crippen molar-refractivity contribution >= 4 is 6.16 Å². The minimum absolute atomic E-state index is 0.0307. The van der Waals surface area contributed by atoms with E-state index in [1.54, 1.807) is 11.6 Å². The Morgan fingerprint density at radius 1 is 1.14 bits per heavy atom. The molecule has 1 unspecified atom stereocenters. The van der Waals surface area contributed by atoms with Crippen LogP contribution in [-0.4, -0.2) is 75.7 Å². The standard InChI is InChI=1S/C23H30F2N2O8/c1-10(2)27-12(4)14(8-13-7-6-11(3)16(24)17(13)25)21(26-27)35-22-20(30)19(29)18(28)15(34-22)9-33-23(31)32-5/h6-7,10,15,18-20,22,28-30H,8-9H2,1-5H3/t15-,18-,19+,20-,22?/m1/s1. The van der Waals surface area contributed by atoms with E-state index in [-0.39, 0.29) is 29.5 Å². The zero-order valence-corrected chi connectivity index (χ0v) is 20.1. The van der Waals surface area contributed by atoms with Gasteiger partial charge in [-0.2, -0.15) is 0 Å². The van der Waals surface area contributed by atoms with Crippen LogP contribution in [0.25, 0.3) is 0 Å². The highest BCUT2D eigenvalue weighted by Crippen LogP contribution is 2.31. The van der Waals surface area contributed by atoms with E-state index in [0.29, 0.717) is 11.3 Å². The Balaban J connectivity index is 1.91. The van der Waals surface area contributed by atoms with Gasteiger partial charge in [-0.1, -0.05) is 12.1 Å². The van der Waals surface area contributed by atoms with E-state index in [4.69, 9.17) is 14.2 Å². The van der Waals surface area contributed by atoms with E-state index >= 15 is 0 Å². The van der Waals surface area contributed by atoms with Crippen LogP contribution in [0.3, 0.4) is 0 Å². The number of aliphatic hydroxyl groups excluding tert-OH is 3. The van der Waals surface area contributed by atoms with Crippen LogP contribution in [0.5, 0.6) is 5.88 Å². The third-order valence-electron chi connectivity index (χ3n) is 5.88. The van der Waals surface area contributed by atoms with E-state index in [1.165, 1.54) is 19.1 Å². The van der Waals surface area contributed by atoms with Gasteiger partial charge in [-0.05, 0) is 38.8 Å². The molecular formula is C23H30F2N2O8. The van der Waals surface area contributed by atoms with E-state index in [2.05, 4.69) is 9.84 Å². The van der Waals surface area contributed by atoms with Gasteiger partial charge in [-0.25, -0.2) is 13.6 Å². The molecule has 10 nitrogen and oxygen atoms in total. The number of methoxy groups -OCH3 is 1. The van der Waals surface area contributed by atoms with E-state index in [9.17, 15) is 28.9 Å². The van der Waals surface area contributed by atoms with Crippen LogP contribution in [-0.2, 0) is 20.6 Å². The highest BCUT2D eigenvalue weighted by atomic mass is 19.2. The second-order valence-electron chi connectivity index (χ2n) is 8.65. The van der Waals surface area contributed by atoms with Crippen LogP contribution in [0.1, 0.15) is 42.3 Å². The summed E-state index contributed by atoms with van der Waals surface area (Å²) in [4.78, 5) is 11.3. The molecule has 1 aromatic carbocycles. The Hall–Kier alpha value is -2.80. The number of carbonyl (C=O) groups excluding carboxylic acids is 1. The third-order valence-corrected chi connectivity index (χ3v) is 5.88. The lowest BCUT2D eigenvalue weighted by molar-refractivity contribution is -0.278. The normalized spacial score (nSPS) is 24.5. The fourth-order valence-corrected chi connectivity index (χ4v) is 3.81. The molecule has 0 saturated carbocycles. The number of benzene rings is 1. The molecule has 0 radical (unpaired) electrons. The van der Waals surface area contributed by atoms with E-state index in [1.807, 2.05) is 13.8 Å². The molecule has 3 rings (SSSR count). The maximum Gasteiger partial charge on any atom is 0.508 e. The lowest BCUT2D eigenvalue weighted by Crippen LogP contribution is -2.60. The quantitative estimate of drug-likeness (QED) is 0.488. The molecule has 1 fully saturated rings. The van der Waals surface area contributed by atoms with Crippen molar-refractivity contribution in [3.8, 4) is 5.88 Å². The number of carbonyl (C=O) groups is 1. The predicted molar refractivity (Wildman–Crippen MR) is 117 cm³/mol. The van der Waals surface area contributed by atoms with Crippen molar-refractivity contribution in [1.29, 1.82) is 0 Å². The van der Waals surface area contributed by atoms with Crippen LogP contribution in [0.2, 0.25) is 0 Å². The number of nitrogens with zero attached hydrogens (tertiary/aromatic N) is 2. The number of hydrogen-bond donors (Lipinski definition) is 3. The average Bonchev–Trinajstić information content (AvgIpc) is 3.13. The largest absolute Gasteiger partial charge is 0.508 e. The van der Waals surface area contributed by atoms with Crippen LogP contribution in [0.15, 0.2) is 12.1 Å². The van der Waals surface area contributed by atoms with Crippen molar-refractivity contribution in [3.63, 3.8) is 0 Å². The van der Waals surface area contributed by atoms with Crippen molar-refractivity contribution < 1.29 is 47.8 Å². The maximum absolute atomic E-state index is 14.6. The highest BCUT2D eigenvalue weighted by Gasteiger charge is 2.46. The second kappa shape index (κ2) is 10.9. The van der Waals surface area contributed by atoms with Crippen LogP contribution in [0.4, 0.5) is 13.6 Å². The molecule has 2 aromatic rings. The van der Waals surface area contributed by atoms with Gasteiger partial charge in [-0.15, -0.1) is 5.10 Å². The topological polar surface area (TPSA) is 132 Å². The van der Waals surface area contributed by atoms with Crippen molar-refractivity contribution in [2.24, 2.45) is 0 Å². The van der Waals surface area contributed by atoms with Gasteiger partial charge in [0.15, 0.2) is 11.6 Å². The molecule has 2 heterocycles. The molecule has 0 spiro atoms. The van der Waals surface area contributed by atoms with Gasteiger partial charge >= 0.3 is 6.16 Å². The molecule has 5 atom stereocenters. The summed E-state index contributed by atoms with van der Waals surface area (Å²) in [6, 6.07) is 2.82. The molecule has 3 N–H and O–H groups in total. The highest BCUT2D eigenvalue weighted by molar-refractivity contribution is 5.59. The van der Waals surface area contributed by atoms with Crippen molar-refractivity contribution in [1.82, 2.24) is 9.78 Å². The van der Waals surface area contributed by atoms with E-state index < -0.39 is 55.1 Å². The number of aryl methyl sites for hydroxylation is 1. The summed E-state index contributed by atoms with van der Waals surface area (Å²) in [5, 5.41) is 35.3. The Morgan fingerprint density at radius 2 is 1.83 bits per heavy atom. The van der Waals surface area contributed by atoms with Crippen LogP contribution in [0, 0.1) is 25.5 Å². The first-order valence-corrected chi connectivity index (χ1v) is 11.0. The number of ether oxygens (including phenoxy) is 4. The van der Waals surface area contributed by atoms with Gasteiger partial charge in [0, 0.05) is 23.7 Å². The lowest BCUT2D eigenvalue weighted by atomic mass is 9.99. The molecule has 1 saturated heterocycles. The smallest absolute Gasteiger partial charge is 0.443 e. The average molecular weight is 500 g/mol. The minimum atomic E-state index is -1.69. The Labute approximate surface area is 201 Å². The first-order chi connectivity index (χ1) is 16.5. The van der Waals surface area contributed by atoms with Crippen molar-refractivity contribution in [3.05, 3.63) is 46.2 Å². The number of aromatic nitrogens is 2. The summed E-state index contributed by atoms with van der Waals surface area (Å²) < 4.78 is 50.9. The van der Waals surface area contributed by atoms with Crippen LogP contribution >= 0.6 is 0 Å². The zero-order valence-electron chi connectivity index (χ0n) is 20.1. The van der Waals surface area contributed by atoms with Gasteiger partial charge in [0.05, 0.1) is 7.11 Å². The van der Waals surface area contributed by atoms with Crippen LogP contribution < -0.4 is 4.74 Å². The minimum Gasteiger partial charge on any atom is -0.443 e. The summed E-state index contributed by atoms with van der Waals surface area (Å²) in [7, 11) is 1.10. The zero-order chi connectivity index (χ0) is 26.0. The molecule has 0 aliphatic carbocycles. The second-order valence-corrected chi connectivity index (χ2v) is 8.65. The van der Waals surface area contributed by atoms with Gasteiger partial charge in [0.1, 0.15) is 31.0 Å². The maximum atomic E-state index is 14.6. The summed E-state index contributed by atoms with van der Waals surface area (Å²) in [5.41, 5.74) is 1.28. The van der Waals surface area contributed by atoms with Crippen molar-refractivity contribution in [2.75, 3.05) is 13.7 Å². The summed E-state index contributed by atoms with van der Waals surface area (Å²) in [6.45, 7) is 6.44. The lowest BCUT2D eigenvalue weighted by Gasteiger charge is -2.39. The fraction of sp³-hybridized carbons (Fsp3) is 0.565. The number of rotatable bonds is 7. The third kappa shape index (κ3) is 5.56. The summed E-state index contributed by atoms with van der Waals surface area (Å²) in [6.07, 6.45) is -8.84. The number of aliphatic hydroxyl groups is 3. The summed E-state index contributed by atoms with van der Waals surface area (Å²) in [5.74, 6) is -1.97. The SMILES string of the molecule is COC(=O)OC[C@H]1OC(Oc2nn(C(C)C)c(C)c2Cc2ccc(C)c(F)c2F)[C@H](O)[C@@H](O)[C@@H]1O. The Kier molecular flexibility index (Phi) is 8.31. The molecule has 1 aromatic heterocycles. The van der Waals surface area contributed by atoms with Gasteiger partial charge in [0.25, 0.3) is 0 Å². The van der Waals surface area contributed by atoms with Gasteiger partial charge < -0.3 is 34.3 Å². The summed E-state index contributed by atoms with van der Waals surface area (Å²) >= 11 is 0. The van der Waals surface area contributed by atoms with Crippen molar-refractivity contribution in [2.45, 2.75) is 70.9 Å². The first-order valence-electron chi connectivity index (χ1n) is 11.0. The van der Waals surface area contributed by atoms with E-state index in [0.717, 1.165) is 7.11 Å². The molecule has 0 bridgehead atoms. The number of halogens is 2.